The zero-order valence-corrected chi connectivity index (χ0v) is 16.3. The Morgan fingerprint density at radius 1 is 0.643 bits per heavy atom. The first kappa shape index (κ1) is 14.3. The predicted molar refractivity (Wildman–Crippen MR) is 124 cm³/mol. The Morgan fingerprint density at radius 3 is 2.07 bits per heavy atom. The van der Waals surface area contributed by atoms with E-state index in [2.05, 4.69) is 79.3 Å². The van der Waals surface area contributed by atoms with Gasteiger partial charge in [0.2, 0.25) is 0 Å². The van der Waals surface area contributed by atoms with Crippen LogP contribution in [0.3, 0.4) is 0 Å². The molecule has 0 spiro atoms. The number of rotatable bonds is 0. The number of fused-ring (bicyclic) bond motifs is 6. The van der Waals surface area contributed by atoms with Gasteiger partial charge in [0.05, 0.1) is 0 Å². The van der Waals surface area contributed by atoms with Crippen LogP contribution in [0.2, 0.25) is 0 Å². The number of hydrogen-bond acceptors (Lipinski definition) is 1. The summed E-state index contributed by atoms with van der Waals surface area (Å²) in [7, 11) is 0. The Labute approximate surface area is 166 Å². The zero-order chi connectivity index (χ0) is 18.1. The van der Waals surface area contributed by atoms with Crippen molar-refractivity contribution in [2.24, 2.45) is 0 Å². The van der Waals surface area contributed by atoms with Crippen LogP contribution in [-0.4, -0.2) is 5.25 Å². The maximum atomic E-state index is 2.48. The van der Waals surface area contributed by atoms with Gasteiger partial charge in [-0.3, -0.25) is 0 Å². The van der Waals surface area contributed by atoms with Crippen molar-refractivity contribution in [2.45, 2.75) is 23.5 Å². The van der Waals surface area contributed by atoms with Crippen LogP contribution in [0.1, 0.15) is 12.5 Å². The molecule has 0 radical (unpaired) electrons. The molecule has 0 aliphatic carbocycles. The first-order valence-corrected chi connectivity index (χ1v) is 11.0. The van der Waals surface area contributed by atoms with Crippen LogP contribution in [0.5, 0.6) is 0 Å². The van der Waals surface area contributed by atoms with Gasteiger partial charge in [-0.05, 0) is 88.8 Å². The first-order valence-electron chi connectivity index (χ1n) is 10.1. The quantitative estimate of drug-likeness (QED) is 0.243. The minimum Gasteiger partial charge on any atom is -0.122 e. The summed E-state index contributed by atoms with van der Waals surface area (Å²) < 4.78 is 0. The molecule has 1 aliphatic heterocycles. The normalized spacial score (nSPS) is 17.5. The van der Waals surface area contributed by atoms with E-state index < -0.39 is 0 Å². The van der Waals surface area contributed by atoms with Crippen molar-refractivity contribution in [3.63, 3.8) is 0 Å². The number of thioether (sulfide) groups is 1. The minimum absolute atomic E-state index is 0.692. The van der Waals surface area contributed by atoms with Gasteiger partial charge < -0.3 is 0 Å². The highest BCUT2D eigenvalue weighted by atomic mass is 32.2. The number of benzene rings is 5. The third-order valence-corrected chi connectivity index (χ3v) is 8.30. The molecule has 1 aliphatic rings. The smallest absolute Gasteiger partial charge is 0.0193 e. The van der Waals surface area contributed by atoms with Crippen molar-refractivity contribution in [2.75, 3.05) is 0 Å². The van der Waals surface area contributed by atoms with Gasteiger partial charge in [-0.25, -0.2) is 0 Å². The average molecular weight is 372 g/mol. The van der Waals surface area contributed by atoms with Crippen molar-refractivity contribution in [3.8, 4) is 0 Å². The molecule has 1 unspecified atom stereocenters. The van der Waals surface area contributed by atoms with Crippen molar-refractivity contribution in [1.29, 1.82) is 0 Å². The molecule has 0 N–H and O–H groups in total. The molecule has 8 rings (SSSR count). The molecule has 130 valence electrons. The van der Waals surface area contributed by atoms with E-state index in [1.807, 2.05) is 0 Å². The molecule has 1 heterocycles. The van der Waals surface area contributed by atoms with E-state index in [1.54, 1.807) is 10.5 Å². The average Bonchev–Trinajstić information content (AvgIpc) is 3.35. The first-order chi connectivity index (χ1) is 13.8. The van der Waals surface area contributed by atoms with E-state index in [-0.39, 0.29) is 0 Å². The lowest BCUT2D eigenvalue weighted by atomic mass is 9.90. The van der Waals surface area contributed by atoms with Gasteiger partial charge in [-0.15, -0.1) is 11.8 Å². The molecular formula is C27H16S. The van der Waals surface area contributed by atoms with E-state index in [0.29, 0.717) is 5.25 Å². The zero-order valence-electron chi connectivity index (χ0n) is 15.5. The van der Waals surface area contributed by atoms with Crippen LogP contribution < -0.4 is 0 Å². The fourth-order valence-electron chi connectivity index (χ4n) is 6.00. The molecule has 0 nitrogen and oxygen atoms in total. The van der Waals surface area contributed by atoms with Gasteiger partial charge in [-0.2, -0.15) is 0 Å². The molecule has 0 amide bonds. The Hall–Kier alpha value is -2.77. The lowest BCUT2D eigenvalue weighted by molar-refractivity contribution is 0.972. The number of hydrogen-bond donors (Lipinski definition) is 0. The maximum absolute atomic E-state index is 2.48. The molecule has 0 bridgehead atoms. The van der Waals surface area contributed by atoms with E-state index >= 15 is 0 Å². The molecule has 1 atom stereocenters. The van der Waals surface area contributed by atoms with Gasteiger partial charge in [0.25, 0.3) is 0 Å². The summed E-state index contributed by atoms with van der Waals surface area (Å²) in [6.45, 7) is 2.36. The monoisotopic (exact) mass is 372 g/mol. The van der Waals surface area contributed by atoms with Crippen molar-refractivity contribution < 1.29 is 0 Å². The second-order valence-corrected chi connectivity index (χ2v) is 9.96. The molecule has 0 fully saturated rings. The predicted octanol–water partition coefficient (Wildman–Crippen LogP) is 7.96. The summed E-state index contributed by atoms with van der Waals surface area (Å²) in [4.78, 5) is 1.54. The summed E-state index contributed by atoms with van der Waals surface area (Å²) in [5, 5.41) is 18.0. The molecular weight excluding hydrogens is 356 g/mol. The summed E-state index contributed by atoms with van der Waals surface area (Å²) in [6.07, 6.45) is 1.20. The highest BCUT2D eigenvalue weighted by Crippen LogP contribution is 2.53. The van der Waals surface area contributed by atoms with Crippen molar-refractivity contribution in [1.82, 2.24) is 0 Å². The Morgan fingerprint density at radius 2 is 1.29 bits per heavy atom. The summed E-state index contributed by atoms with van der Waals surface area (Å²) >= 11 is 2.07. The Bertz CT molecular complexity index is 1720. The topological polar surface area (TPSA) is 0 Å². The molecule has 0 saturated carbocycles. The highest BCUT2D eigenvalue weighted by molar-refractivity contribution is 8.00. The fourth-order valence-corrected chi connectivity index (χ4v) is 7.28. The largest absolute Gasteiger partial charge is 0.122 e. The van der Waals surface area contributed by atoms with Gasteiger partial charge >= 0.3 is 0 Å². The molecule has 1 heteroatoms. The second-order valence-electron chi connectivity index (χ2n) is 8.51. The maximum Gasteiger partial charge on any atom is 0.0193 e. The summed E-state index contributed by atoms with van der Waals surface area (Å²) in [6, 6.07) is 23.3. The standard InChI is InChI=1S/C27H16S/c1-13-10-21-19-9-7-14-11-20-17-5-3-2-4-16(17)18-8-6-15-12-22(27(21)28-13)26(19)24(14)23(15)25(18)20/h2-9,11-13H,10H2,1H3. The van der Waals surface area contributed by atoms with Gasteiger partial charge in [-0.1, -0.05) is 55.5 Å². The molecule has 0 aromatic heterocycles. The van der Waals surface area contributed by atoms with E-state index in [4.69, 9.17) is 0 Å². The van der Waals surface area contributed by atoms with Crippen LogP contribution in [-0.2, 0) is 6.42 Å². The van der Waals surface area contributed by atoms with Gasteiger partial charge in [0.15, 0.2) is 0 Å². The van der Waals surface area contributed by atoms with Crippen molar-refractivity contribution >= 4 is 76.4 Å². The van der Waals surface area contributed by atoms with Gasteiger partial charge in [0, 0.05) is 10.1 Å². The van der Waals surface area contributed by atoms with Crippen LogP contribution in [0.15, 0.2) is 65.6 Å². The van der Waals surface area contributed by atoms with Crippen LogP contribution in [0.4, 0.5) is 0 Å². The molecule has 7 aromatic carbocycles. The van der Waals surface area contributed by atoms with Gasteiger partial charge in [0.1, 0.15) is 0 Å². The third-order valence-electron chi connectivity index (χ3n) is 7.03. The minimum atomic E-state index is 0.692. The fraction of sp³-hybridized carbons (Fsp3) is 0.111. The highest BCUT2D eigenvalue weighted by Gasteiger charge is 2.28. The van der Waals surface area contributed by atoms with E-state index in [9.17, 15) is 0 Å². The van der Waals surface area contributed by atoms with E-state index in [0.717, 1.165) is 0 Å². The Kier molecular flexibility index (Phi) is 2.26. The third kappa shape index (κ3) is 1.41. The summed E-state index contributed by atoms with van der Waals surface area (Å²) in [5.74, 6) is 0. The lowest BCUT2D eigenvalue weighted by Gasteiger charge is -2.13. The molecule has 7 aromatic rings. The Balaban J connectivity index is 1.75. The van der Waals surface area contributed by atoms with Crippen LogP contribution >= 0.6 is 11.8 Å². The van der Waals surface area contributed by atoms with Crippen LogP contribution in [0.25, 0.3) is 64.6 Å². The van der Waals surface area contributed by atoms with E-state index in [1.165, 1.54) is 71.1 Å². The SMILES string of the molecule is CC1Cc2c(c3cc4ccc5c6ccccc6c6cc7ccc2c3c7c4c56)S1. The molecule has 0 saturated heterocycles. The van der Waals surface area contributed by atoms with Crippen molar-refractivity contribution in [3.05, 3.63) is 66.2 Å². The summed E-state index contributed by atoms with van der Waals surface area (Å²) in [5.41, 5.74) is 1.59. The second kappa shape index (κ2) is 4.45. The molecule has 28 heavy (non-hydrogen) atoms. The lowest BCUT2D eigenvalue weighted by Crippen LogP contribution is -1.92. The van der Waals surface area contributed by atoms with Crippen LogP contribution in [0, 0.1) is 0 Å².